The van der Waals surface area contributed by atoms with Crippen LogP contribution in [0.4, 0.5) is 4.79 Å². The van der Waals surface area contributed by atoms with Crippen LogP contribution < -0.4 is 0 Å². The van der Waals surface area contributed by atoms with Crippen LogP contribution in [0.3, 0.4) is 0 Å². The van der Waals surface area contributed by atoms with Crippen molar-refractivity contribution < 1.29 is 15.6 Å². The van der Waals surface area contributed by atoms with Gasteiger partial charge < -0.3 is 14.4 Å². The maximum Gasteiger partial charge on any atom is 0.410 e. The number of nitrogens with zero attached hydrogens (tertiary/aromatic N) is 1. The predicted octanol–water partition coefficient (Wildman–Crippen LogP) is 2.69. The fourth-order valence-corrected chi connectivity index (χ4v) is 2.27. The maximum absolute atomic E-state index is 12.0. The summed E-state index contributed by atoms with van der Waals surface area (Å²) >= 11 is 0. The Morgan fingerprint density at radius 1 is 1.59 bits per heavy atom. The number of amides is 1. The number of carbonyl (C=O) groups excluding carboxylic acids is 1. The minimum absolute atomic E-state index is 0.223. The third kappa shape index (κ3) is 2.93. The molecule has 0 aromatic carbocycles. The lowest BCUT2D eigenvalue weighted by molar-refractivity contribution is -0.0384. The molecule has 0 aliphatic carbocycles. The molecule has 0 aromatic rings. The van der Waals surface area contributed by atoms with Crippen LogP contribution in [-0.4, -0.2) is 35.3 Å². The number of likely N-dealkylation sites (tertiary alicyclic amines) is 1. The van der Waals surface area contributed by atoms with Crippen molar-refractivity contribution in [3.05, 3.63) is 12.3 Å². The molecule has 0 bridgehead atoms. The molecule has 4 heteroatoms. The van der Waals surface area contributed by atoms with Gasteiger partial charge in [0.1, 0.15) is 12.6 Å². The van der Waals surface area contributed by atoms with E-state index < -0.39 is 5.60 Å². The molecule has 1 atom stereocenters. The molecule has 17 heavy (non-hydrogen) atoms. The Bertz CT molecular complexity index is 375. The Morgan fingerprint density at radius 2 is 2.35 bits per heavy atom. The molecule has 1 saturated heterocycles. The first kappa shape index (κ1) is 10.9. The van der Waals surface area contributed by atoms with Crippen molar-refractivity contribution >= 4 is 6.09 Å². The molecule has 1 unspecified atom stereocenters. The molecule has 0 saturated carbocycles. The summed E-state index contributed by atoms with van der Waals surface area (Å²) in [5, 5.41) is 0. The number of rotatable bonds is 0. The summed E-state index contributed by atoms with van der Waals surface area (Å²) in [6.07, 6.45) is 4.21. The van der Waals surface area contributed by atoms with Gasteiger partial charge in [-0.2, -0.15) is 0 Å². The minimum atomic E-state index is -0.475. The molecular weight excluding hydrogens is 218 g/mol. The molecule has 96 valence electrons. The van der Waals surface area contributed by atoms with E-state index in [0.29, 0.717) is 19.5 Å². The lowest BCUT2D eigenvalue weighted by atomic mass is 9.91. The molecule has 1 fully saturated rings. The Morgan fingerprint density at radius 3 is 2.94 bits per heavy atom. The number of carbonyl (C=O) groups is 1. The third-order valence-electron chi connectivity index (χ3n) is 3.02. The van der Waals surface area contributed by atoms with E-state index in [0.717, 1.165) is 12.8 Å². The van der Waals surface area contributed by atoms with Gasteiger partial charge in [0.15, 0.2) is 0 Å². The van der Waals surface area contributed by atoms with E-state index >= 15 is 0 Å². The molecule has 1 amide bonds. The highest BCUT2D eigenvalue weighted by Crippen LogP contribution is 2.33. The molecule has 2 aliphatic heterocycles. The Kier molecular flexibility index (Phi) is 2.73. The lowest BCUT2D eigenvalue weighted by Crippen LogP contribution is -2.51. The molecule has 0 aromatic heterocycles. The summed E-state index contributed by atoms with van der Waals surface area (Å²) in [6.45, 7) is 6.80. The van der Waals surface area contributed by atoms with E-state index in [4.69, 9.17) is 10.8 Å². The van der Waals surface area contributed by atoms with Crippen molar-refractivity contribution in [3.8, 4) is 0 Å². The Balaban J connectivity index is 1.97. The lowest BCUT2D eigenvalue weighted by Gasteiger charge is -2.39. The van der Waals surface area contributed by atoms with Crippen LogP contribution >= 0.6 is 0 Å². The van der Waals surface area contributed by atoms with Crippen molar-refractivity contribution in [1.29, 1.82) is 0 Å². The highest BCUT2D eigenvalue weighted by molar-refractivity contribution is 5.68. The molecule has 0 N–H and O–H groups in total. The van der Waals surface area contributed by atoms with Crippen LogP contribution in [0.1, 0.15) is 41.4 Å². The molecule has 1 spiro atoms. The van der Waals surface area contributed by atoms with Crippen LogP contribution in [0.5, 0.6) is 0 Å². The number of hydrogen-bond donors (Lipinski definition) is 0. The topological polar surface area (TPSA) is 38.8 Å². The fourth-order valence-electron chi connectivity index (χ4n) is 2.27. The quantitative estimate of drug-likeness (QED) is 0.653. The summed E-state index contributed by atoms with van der Waals surface area (Å²) in [4.78, 5) is 13.7. The highest BCUT2D eigenvalue weighted by Gasteiger charge is 2.40. The maximum atomic E-state index is 12.0. The highest BCUT2D eigenvalue weighted by atomic mass is 16.6. The van der Waals surface area contributed by atoms with Crippen LogP contribution in [0.25, 0.3) is 0 Å². The molecule has 0 radical (unpaired) electrons. The zero-order valence-corrected chi connectivity index (χ0v) is 10.8. The van der Waals surface area contributed by atoms with Gasteiger partial charge in [-0.25, -0.2) is 4.79 Å². The minimum Gasteiger partial charge on any atom is -0.493 e. The van der Waals surface area contributed by atoms with Crippen LogP contribution in [-0.2, 0) is 9.47 Å². The van der Waals surface area contributed by atoms with E-state index in [1.54, 1.807) is 11.0 Å². The van der Waals surface area contributed by atoms with Crippen molar-refractivity contribution in [3.63, 3.8) is 0 Å². The summed E-state index contributed by atoms with van der Waals surface area (Å²) in [7, 11) is 0. The van der Waals surface area contributed by atoms with Crippen LogP contribution in [0.2, 0.25) is 0 Å². The third-order valence-corrected chi connectivity index (χ3v) is 3.02. The smallest absolute Gasteiger partial charge is 0.410 e. The SMILES string of the molecule is [2H]C1=CCC2(CCCN(C(=O)OC(C)(C)C)C2)O1. The number of piperidine rings is 1. The van der Waals surface area contributed by atoms with Crippen LogP contribution in [0, 0.1) is 0 Å². The molecule has 2 rings (SSSR count). The van der Waals surface area contributed by atoms with Gasteiger partial charge in [0, 0.05) is 13.0 Å². The standard InChI is InChI=1S/C13H21NO3/c1-12(2,3)17-11(15)14-8-4-6-13(10-14)7-5-9-16-13/h5,9H,4,6-8,10H2,1-3H3/i9D. The van der Waals surface area contributed by atoms with Gasteiger partial charge in [-0.3, -0.25) is 0 Å². The first-order valence-electron chi connectivity index (χ1n) is 6.63. The van der Waals surface area contributed by atoms with Crippen molar-refractivity contribution in [2.75, 3.05) is 13.1 Å². The second kappa shape index (κ2) is 4.24. The second-order valence-electron chi connectivity index (χ2n) is 5.82. The average Bonchev–Trinajstić information content (AvgIpc) is 2.57. The molecule has 2 aliphatic rings. The number of hydrogen-bond acceptors (Lipinski definition) is 3. The van der Waals surface area contributed by atoms with Gasteiger partial charge in [-0.1, -0.05) is 0 Å². The summed E-state index contributed by atoms with van der Waals surface area (Å²) in [5.74, 6) is 0. The summed E-state index contributed by atoms with van der Waals surface area (Å²) < 4.78 is 18.5. The monoisotopic (exact) mass is 240 g/mol. The molecule has 4 nitrogen and oxygen atoms in total. The summed E-state index contributed by atoms with van der Waals surface area (Å²) in [6, 6.07) is 0. The first-order chi connectivity index (χ1) is 8.30. The van der Waals surface area contributed by atoms with Gasteiger partial charge >= 0.3 is 6.09 Å². The fraction of sp³-hybridized carbons (Fsp3) is 0.769. The van der Waals surface area contributed by atoms with Gasteiger partial charge in [0.2, 0.25) is 0 Å². The molecule has 2 heterocycles. The van der Waals surface area contributed by atoms with Gasteiger partial charge in [-0.05, 0) is 39.7 Å². The van der Waals surface area contributed by atoms with E-state index in [2.05, 4.69) is 0 Å². The Labute approximate surface area is 104 Å². The largest absolute Gasteiger partial charge is 0.493 e. The van der Waals surface area contributed by atoms with Crippen LogP contribution in [0.15, 0.2) is 12.3 Å². The number of ether oxygens (including phenoxy) is 2. The van der Waals surface area contributed by atoms with E-state index in [1.807, 2.05) is 20.8 Å². The van der Waals surface area contributed by atoms with E-state index in [1.165, 1.54) is 0 Å². The molecular formula is C13H21NO3. The van der Waals surface area contributed by atoms with Crippen molar-refractivity contribution in [2.24, 2.45) is 0 Å². The summed E-state index contributed by atoms with van der Waals surface area (Å²) in [5.41, 5.74) is -0.858. The van der Waals surface area contributed by atoms with Gasteiger partial charge in [0.05, 0.1) is 12.8 Å². The van der Waals surface area contributed by atoms with Crippen molar-refractivity contribution in [2.45, 2.75) is 51.2 Å². The Hall–Kier alpha value is -1.19. The zero-order chi connectivity index (χ0) is 13.4. The predicted molar refractivity (Wildman–Crippen MR) is 64.6 cm³/mol. The second-order valence-corrected chi connectivity index (χ2v) is 5.82. The first-order valence-corrected chi connectivity index (χ1v) is 6.13. The normalized spacial score (nSPS) is 29.7. The van der Waals surface area contributed by atoms with Gasteiger partial charge in [0.25, 0.3) is 0 Å². The van der Waals surface area contributed by atoms with E-state index in [9.17, 15) is 4.79 Å². The average molecular weight is 240 g/mol. The van der Waals surface area contributed by atoms with Crippen molar-refractivity contribution in [1.82, 2.24) is 4.90 Å². The van der Waals surface area contributed by atoms with Gasteiger partial charge in [-0.15, -0.1) is 0 Å². The zero-order valence-electron chi connectivity index (χ0n) is 11.8. The van der Waals surface area contributed by atoms with E-state index in [-0.39, 0.29) is 17.9 Å².